The lowest BCUT2D eigenvalue weighted by Crippen LogP contribution is -2.30. The van der Waals surface area contributed by atoms with Crippen LogP contribution < -0.4 is 5.32 Å². The Balaban J connectivity index is 1.57. The van der Waals surface area contributed by atoms with Gasteiger partial charge in [-0.15, -0.1) is 0 Å². The van der Waals surface area contributed by atoms with Gasteiger partial charge in [-0.05, 0) is 60.0 Å². The molecule has 128 valence electrons. The van der Waals surface area contributed by atoms with Gasteiger partial charge in [-0.25, -0.2) is 0 Å². The van der Waals surface area contributed by atoms with Crippen molar-refractivity contribution in [2.24, 2.45) is 0 Å². The molecule has 0 aliphatic rings. The number of carbonyl (C=O) groups is 2. The zero-order valence-electron chi connectivity index (χ0n) is 13.8. The van der Waals surface area contributed by atoms with Crippen molar-refractivity contribution in [2.45, 2.75) is 25.9 Å². The second-order valence-corrected chi connectivity index (χ2v) is 6.41. The molecule has 0 spiro atoms. The molecule has 0 aliphatic carbocycles. The maximum Gasteiger partial charge on any atom is 0.306 e. The smallest absolute Gasteiger partial charge is 0.306 e. The standard InChI is InChI=1S/C19H18N2O3S/c1-13(24-18(22)8-7-14-9-11-25-12-14)19(23)21-17-6-2-5-16-15(17)4-3-10-20-16/h2-6,9-13H,7-8H2,1H3,(H,21,23). The summed E-state index contributed by atoms with van der Waals surface area (Å²) in [7, 11) is 0. The maximum atomic E-state index is 12.3. The molecule has 1 unspecified atom stereocenters. The number of esters is 1. The Labute approximate surface area is 149 Å². The van der Waals surface area contributed by atoms with E-state index in [9.17, 15) is 9.59 Å². The van der Waals surface area contributed by atoms with Crippen molar-refractivity contribution in [3.05, 3.63) is 58.9 Å². The van der Waals surface area contributed by atoms with E-state index in [1.54, 1.807) is 30.5 Å². The molecular weight excluding hydrogens is 336 g/mol. The number of aryl methyl sites for hydroxylation is 1. The van der Waals surface area contributed by atoms with Crippen molar-refractivity contribution < 1.29 is 14.3 Å². The summed E-state index contributed by atoms with van der Waals surface area (Å²) >= 11 is 1.59. The third-order valence-corrected chi connectivity index (χ3v) is 4.51. The van der Waals surface area contributed by atoms with Crippen LogP contribution in [0, 0.1) is 0 Å². The van der Waals surface area contributed by atoms with Crippen LogP contribution in [0.15, 0.2) is 53.4 Å². The first-order valence-corrected chi connectivity index (χ1v) is 8.93. The third-order valence-electron chi connectivity index (χ3n) is 3.78. The van der Waals surface area contributed by atoms with Crippen LogP contribution in [0.2, 0.25) is 0 Å². The Hall–Kier alpha value is -2.73. The molecule has 0 radical (unpaired) electrons. The normalized spacial score (nSPS) is 11.9. The van der Waals surface area contributed by atoms with E-state index in [2.05, 4.69) is 10.3 Å². The van der Waals surface area contributed by atoms with Gasteiger partial charge in [0, 0.05) is 18.0 Å². The number of pyridine rings is 1. The monoisotopic (exact) mass is 354 g/mol. The quantitative estimate of drug-likeness (QED) is 0.684. The summed E-state index contributed by atoms with van der Waals surface area (Å²) < 4.78 is 5.23. The van der Waals surface area contributed by atoms with Gasteiger partial charge in [0.15, 0.2) is 6.10 Å². The number of anilines is 1. The molecular formula is C19H18N2O3S. The van der Waals surface area contributed by atoms with Gasteiger partial charge in [0.2, 0.25) is 0 Å². The zero-order chi connectivity index (χ0) is 17.6. The summed E-state index contributed by atoms with van der Waals surface area (Å²) in [5.41, 5.74) is 2.54. The van der Waals surface area contributed by atoms with E-state index in [1.807, 2.05) is 41.1 Å². The van der Waals surface area contributed by atoms with Crippen molar-refractivity contribution >= 4 is 39.8 Å². The molecule has 3 rings (SSSR count). The van der Waals surface area contributed by atoms with Gasteiger partial charge in [-0.2, -0.15) is 11.3 Å². The minimum absolute atomic E-state index is 0.256. The summed E-state index contributed by atoms with van der Waals surface area (Å²) in [5.74, 6) is -0.742. The topological polar surface area (TPSA) is 68.3 Å². The van der Waals surface area contributed by atoms with Crippen molar-refractivity contribution in [3.8, 4) is 0 Å². The largest absolute Gasteiger partial charge is 0.453 e. The Morgan fingerprint density at radius 2 is 2.12 bits per heavy atom. The summed E-state index contributed by atoms with van der Waals surface area (Å²) in [5, 5.41) is 7.61. The molecule has 1 atom stereocenters. The molecule has 0 fully saturated rings. The molecule has 0 saturated carbocycles. The molecule has 2 aromatic heterocycles. The van der Waals surface area contributed by atoms with Gasteiger partial charge in [0.05, 0.1) is 11.2 Å². The van der Waals surface area contributed by atoms with Crippen molar-refractivity contribution in [1.29, 1.82) is 0 Å². The van der Waals surface area contributed by atoms with Crippen LogP contribution >= 0.6 is 11.3 Å². The fraction of sp³-hybridized carbons (Fsp3) is 0.211. The minimum Gasteiger partial charge on any atom is -0.453 e. The Morgan fingerprint density at radius 3 is 2.92 bits per heavy atom. The van der Waals surface area contributed by atoms with Crippen LogP contribution in [-0.2, 0) is 20.7 Å². The number of nitrogens with one attached hydrogen (secondary N) is 1. The molecule has 0 aliphatic heterocycles. The third kappa shape index (κ3) is 4.42. The second kappa shape index (κ2) is 7.90. The zero-order valence-corrected chi connectivity index (χ0v) is 14.6. The highest BCUT2D eigenvalue weighted by Gasteiger charge is 2.18. The lowest BCUT2D eigenvalue weighted by Gasteiger charge is -2.14. The lowest BCUT2D eigenvalue weighted by molar-refractivity contribution is -0.153. The fourth-order valence-corrected chi connectivity index (χ4v) is 3.14. The number of nitrogens with zero attached hydrogens (tertiary/aromatic N) is 1. The predicted molar refractivity (Wildman–Crippen MR) is 98.6 cm³/mol. The number of hydrogen-bond acceptors (Lipinski definition) is 5. The van der Waals surface area contributed by atoms with E-state index in [4.69, 9.17) is 4.74 Å². The molecule has 1 amide bonds. The SMILES string of the molecule is CC(OC(=O)CCc1ccsc1)C(=O)Nc1cccc2ncccc12. The summed E-state index contributed by atoms with van der Waals surface area (Å²) in [6.45, 7) is 1.57. The number of amides is 1. The molecule has 25 heavy (non-hydrogen) atoms. The van der Waals surface area contributed by atoms with Crippen molar-refractivity contribution in [1.82, 2.24) is 4.98 Å². The number of carbonyl (C=O) groups excluding carboxylic acids is 2. The summed E-state index contributed by atoms with van der Waals surface area (Å²) in [6.07, 6.45) is 1.71. The Kier molecular flexibility index (Phi) is 5.40. The van der Waals surface area contributed by atoms with Gasteiger partial charge < -0.3 is 10.1 Å². The van der Waals surface area contributed by atoms with E-state index in [0.29, 0.717) is 12.1 Å². The van der Waals surface area contributed by atoms with E-state index in [0.717, 1.165) is 16.5 Å². The van der Waals surface area contributed by atoms with Crippen LogP contribution in [0.4, 0.5) is 5.69 Å². The fourth-order valence-electron chi connectivity index (χ4n) is 2.44. The molecule has 0 saturated heterocycles. The van der Waals surface area contributed by atoms with Crippen molar-refractivity contribution in [2.75, 3.05) is 5.32 Å². The van der Waals surface area contributed by atoms with Gasteiger partial charge in [0.1, 0.15) is 0 Å². The number of thiophene rings is 1. The highest BCUT2D eigenvalue weighted by molar-refractivity contribution is 7.07. The van der Waals surface area contributed by atoms with Gasteiger partial charge >= 0.3 is 5.97 Å². The highest BCUT2D eigenvalue weighted by atomic mass is 32.1. The molecule has 3 aromatic rings. The van der Waals surface area contributed by atoms with Crippen LogP contribution in [0.5, 0.6) is 0 Å². The van der Waals surface area contributed by atoms with Gasteiger partial charge in [-0.3, -0.25) is 14.6 Å². The second-order valence-electron chi connectivity index (χ2n) is 5.63. The van der Waals surface area contributed by atoms with Gasteiger partial charge in [0.25, 0.3) is 5.91 Å². The average Bonchev–Trinajstić information content (AvgIpc) is 3.14. The first kappa shape index (κ1) is 17.1. The van der Waals surface area contributed by atoms with Crippen LogP contribution in [0.1, 0.15) is 18.9 Å². The summed E-state index contributed by atoms with van der Waals surface area (Å²) in [6, 6.07) is 11.2. The van der Waals surface area contributed by atoms with E-state index >= 15 is 0 Å². The first-order chi connectivity index (χ1) is 12.1. The van der Waals surface area contributed by atoms with E-state index in [-0.39, 0.29) is 18.3 Å². The highest BCUT2D eigenvalue weighted by Crippen LogP contribution is 2.21. The maximum absolute atomic E-state index is 12.3. The van der Waals surface area contributed by atoms with Crippen molar-refractivity contribution in [3.63, 3.8) is 0 Å². The molecule has 2 heterocycles. The van der Waals surface area contributed by atoms with E-state index < -0.39 is 6.10 Å². The number of rotatable bonds is 6. The number of fused-ring (bicyclic) bond motifs is 1. The average molecular weight is 354 g/mol. The number of aromatic nitrogens is 1. The van der Waals surface area contributed by atoms with Crippen LogP contribution in [0.25, 0.3) is 10.9 Å². The van der Waals surface area contributed by atoms with Crippen LogP contribution in [-0.4, -0.2) is 23.0 Å². The van der Waals surface area contributed by atoms with Crippen LogP contribution in [0.3, 0.4) is 0 Å². The Morgan fingerprint density at radius 1 is 1.24 bits per heavy atom. The van der Waals surface area contributed by atoms with E-state index in [1.165, 1.54) is 0 Å². The molecule has 1 N–H and O–H groups in total. The molecule has 1 aromatic carbocycles. The number of benzene rings is 1. The first-order valence-electron chi connectivity index (χ1n) is 7.98. The predicted octanol–water partition coefficient (Wildman–Crippen LogP) is 3.80. The minimum atomic E-state index is -0.859. The number of hydrogen-bond donors (Lipinski definition) is 1. The lowest BCUT2D eigenvalue weighted by atomic mass is 10.1. The Bertz CT molecular complexity index is 872. The molecule has 0 bridgehead atoms. The number of ether oxygens (including phenoxy) is 1. The summed E-state index contributed by atoms with van der Waals surface area (Å²) in [4.78, 5) is 28.5. The van der Waals surface area contributed by atoms with Gasteiger partial charge in [-0.1, -0.05) is 6.07 Å². The molecule has 6 heteroatoms. The molecule has 5 nitrogen and oxygen atoms in total.